The van der Waals surface area contributed by atoms with E-state index in [1.807, 2.05) is 36.4 Å². The summed E-state index contributed by atoms with van der Waals surface area (Å²) in [6, 6.07) is 14.9. The average Bonchev–Trinajstić information content (AvgIpc) is 3.12. The Morgan fingerprint density at radius 1 is 1.21 bits per heavy atom. The molecular formula is C25H21N3O5S. The maximum atomic E-state index is 13.4. The van der Waals surface area contributed by atoms with E-state index in [0.717, 1.165) is 5.56 Å². The van der Waals surface area contributed by atoms with Crippen molar-refractivity contribution < 1.29 is 14.5 Å². The van der Waals surface area contributed by atoms with Gasteiger partial charge in [-0.1, -0.05) is 66.0 Å². The number of carbonyl (C=O) groups is 1. The van der Waals surface area contributed by atoms with Crippen LogP contribution in [0.3, 0.4) is 0 Å². The van der Waals surface area contributed by atoms with Gasteiger partial charge in [0.25, 0.3) is 11.2 Å². The number of benzene rings is 2. The zero-order valence-corrected chi connectivity index (χ0v) is 19.3. The van der Waals surface area contributed by atoms with Crippen molar-refractivity contribution in [1.82, 2.24) is 4.57 Å². The van der Waals surface area contributed by atoms with Crippen molar-refractivity contribution in [2.24, 2.45) is 4.99 Å². The molecule has 1 atom stereocenters. The Kier molecular flexibility index (Phi) is 6.65. The standard InChI is InChI=1S/C25H21N3O5S/c1-3-33-24(30)22-16(2)26-25-27(20(22)13-12-17-8-5-4-6-9-17)23(29)21(34-25)15-18-10-7-11-19(14-18)28(31)32/h4-15,20H,3H2,1-2H3/b13-12+,21-15+/t20-/m0/s1. The van der Waals surface area contributed by atoms with E-state index in [0.29, 0.717) is 26.2 Å². The van der Waals surface area contributed by atoms with E-state index >= 15 is 0 Å². The van der Waals surface area contributed by atoms with Gasteiger partial charge >= 0.3 is 5.97 Å². The molecule has 1 aliphatic heterocycles. The number of thiazole rings is 1. The lowest BCUT2D eigenvalue weighted by atomic mass is 10.0. The Balaban J connectivity index is 1.87. The van der Waals surface area contributed by atoms with E-state index < -0.39 is 16.9 Å². The number of hydrogen-bond acceptors (Lipinski definition) is 7. The molecule has 9 heteroatoms. The van der Waals surface area contributed by atoms with Gasteiger partial charge in [-0.3, -0.25) is 19.5 Å². The van der Waals surface area contributed by atoms with Crippen LogP contribution in [0.1, 0.15) is 31.0 Å². The van der Waals surface area contributed by atoms with Crippen molar-refractivity contribution in [3.8, 4) is 0 Å². The fourth-order valence-corrected chi connectivity index (χ4v) is 4.72. The normalized spacial score (nSPS) is 15.8. The van der Waals surface area contributed by atoms with Gasteiger partial charge in [0.15, 0.2) is 4.80 Å². The highest BCUT2D eigenvalue weighted by Crippen LogP contribution is 2.26. The third-order valence-corrected chi connectivity index (χ3v) is 6.19. The molecule has 0 spiro atoms. The van der Waals surface area contributed by atoms with E-state index in [-0.39, 0.29) is 17.9 Å². The van der Waals surface area contributed by atoms with Crippen LogP contribution < -0.4 is 14.9 Å². The van der Waals surface area contributed by atoms with Crippen LogP contribution in [0, 0.1) is 10.1 Å². The van der Waals surface area contributed by atoms with Crippen molar-refractivity contribution in [1.29, 1.82) is 0 Å². The summed E-state index contributed by atoms with van der Waals surface area (Å²) in [6.45, 7) is 3.63. The molecule has 0 saturated carbocycles. The van der Waals surface area contributed by atoms with Crippen molar-refractivity contribution in [3.63, 3.8) is 0 Å². The molecule has 2 aromatic carbocycles. The number of non-ortho nitro benzene ring substituents is 1. The van der Waals surface area contributed by atoms with E-state index in [4.69, 9.17) is 4.74 Å². The van der Waals surface area contributed by atoms with Gasteiger partial charge < -0.3 is 4.74 Å². The predicted octanol–water partition coefficient (Wildman–Crippen LogP) is 3.37. The number of nitrogens with zero attached hydrogens (tertiary/aromatic N) is 3. The van der Waals surface area contributed by atoms with Crippen molar-refractivity contribution >= 4 is 35.1 Å². The van der Waals surface area contributed by atoms with Crippen molar-refractivity contribution in [2.45, 2.75) is 19.9 Å². The molecule has 0 aliphatic carbocycles. The largest absolute Gasteiger partial charge is 0.463 e. The molecular weight excluding hydrogens is 454 g/mol. The highest BCUT2D eigenvalue weighted by Gasteiger charge is 2.30. The number of hydrogen-bond donors (Lipinski definition) is 0. The zero-order chi connectivity index (χ0) is 24.2. The number of nitro benzene ring substituents is 1. The topological polar surface area (TPSA) is 104 Å². The van der Waals surface area contributed by atoms with Gasteiger partial charge in [-0.25, -0.2) is 9.79 Å². The van der Waals surface area contributed by atoms with Gasteiger partial charge in [-0.2, -0.15) is 0 Å². The highest BCUT2D eigenvalue weighted by molar-refractivity contribution is 7.07. The number of aromatic nitrogens is 1. The lowest BCUT2D eigenvalue weighted by molar-refractivity contribution is -0.384. The van der Waals surface area contributed by atoms with Gasteiger partial charge in [0.05, 0.1) is 33.4 Å². The molecule has 3 aromatic rings. The maximum absolute atomic E-state index is 13.4. The predicted molar refractivity (Wildman–Crippen MR) is 130 cm³/mol. The Morgan fingerprint density at radius 3 is 2.65 bits per heavy atom. The summed E-state index contributed by atoms with van der Waals surface area (Å²) in [6.07, 6.45) is 5.23. The Bertz CT molecular complexity index is 1500. The van der Waals surface area contributed by atoms with E-state index in [1.165, 1.54) is 28.0 Å². The van der Waals surface area contributed by atoms with Crippen molar-refractivity contribution in [2.75, 3.05) is 6.61 Å². The monoisotopic (exact) mass is 475 g/mol. The summed E-state index contributed by atoms with van der Waals surface area (Å²) in [4.78, 5) is 41.8. The first-order valence-electron chi connectivity index (χ1n) is 10.6. The number of carbonyl (C=O) groups excluding carboxylic acids is 1. The molecule has 1 aliphatic rings. The Morgan fingerprint density at radius 2 is 1.94 bits per heavy atom. The molecule has 172 valence electrons. The molecule has 0 amide bonds. The highest BCUT2D eigenvalue weighted by atomic mass is 32.1. The molecule has 8 nitrogen and oxygen atoms in total. The lowest BCUT2D eigenvalue weighted by Gasteiger charge is -2.21. The van der Waals surface area contributed by atoms with Crippen LogP contribution in [0.2, 0.25) is 0 Å². The molecule has 0 N–H and O–H groups in total. The average molecular weight is 476 g/mol. The van der Waals surface area contributed by atoms with Crippen LogP contribution in [0.5, 0.6) is 0 Å². The molecule has 1 aromatic heterocycles. The van der Waals surface area contributed by atoms with Crippen LogP contribution in [-0.2, 0) is 9.53 Å². The number of allylic oxidation sites excluding steroid dienone is 2. The second kappa shape index (κ2) is 9.80. The van der Waals surface area contributed by atoms with Gasteiger partial charge in [-0.15, -0.1) is 0 Å². The first-order valence-corrected chi connectivity index (χ1v) is 11.4. The summed E-state index contributed by atoms with van der Waals surface area (Å²) in [7, 11) is 0. The molecule has 2 heterocycles. The SMILES string of the molecule is CCOC(=O)C1=C(C)N=c2s/c(=C/c3cccc([N+](=O)[O-])c3)c(=O)n2[C@H]1/C=C/c1ccccc1. The van der Waals surface area contributed by atoms with Gasteiger partial charge in [0.2, 0.25) is 0 Å². The Hall–Kier alpha value is -4.11. The molecule has 4 rings (SSSR count). The van der Waals surface area contributed by atoms with Gasteiger partial charge in [0.1, 0.15) is 0 Å². The zero-order valence-electron chi connectivity index (χ0n) is 18.5. The van der Waals surface area contributed by atoms with E-state index in [1.54, 1.807) is 38.1 Å². The minimum atomic E-state index is -0.706. The van der Waals surface area contributed by atoms with Crippen LogP contribution in [0.4, 0.5) is 5.69 Å². The second-order valence-electron chi connectivity index (χ2n) is 7.47. The fraction of sp³-hybridized carbons (Fsp3) is 0.160. The summed E-state index contributed by atoms with van der Waals surface area (Å²) < 4.78 is 7.07. The molecule has 0 unspecified atom stereocenters. The molecule has 0 radical (unpaired) electrons. The smallest absolute Gasteiger partial charge is 0.338 e. The van der Waals surface area contributed by atoms with Crippen LogP contribution in [0.25, 0.3) is 12.2 Å². The maximum Gasteiger partial charge on any atom is 0.338 e. The summed E-state index contributed by atoms with van der Waals surface area (Å²) in [5, 5.41) is 11.1. The molecule has 0 fully saturated rings. The van der Waals surface area contributed by atoms with Gasteiger partial charge in [0, 0.05) is 12.1 Å². The lowest BCUT2D eigenvalue weighted by Crippen LogP contribution is -2.38. The van der Waals surface area contributed by atoms with E-state index in [2.05, 4.69) is 4.99 Å². The summed E-state index contributed by atoms with van der Waals surface area (Å²) in [5.41, 5.74) is 1.81. The second-order valence-corrected chi connectivity index (χ2v) is 8.48. The van der Waals surface area contributed by atoms with Crippen LogP contribution in [-0.4, -0.2) is 22.1 Å². The van der Waals surface area contributed by atoms with Crippen molar-refractivity contribution in [3.05, 3.63) is 113 Å². The number of nitro groups is 1. The first-order chi connectivity index (χ1) is 16.4. The van der Waals surface area contributed by atoms with Crippen LogP contribution in [0.15, 0.2) is 81.7 Å². The third kappa shape index (κ3) is 4.65. The minimum Gasteiger partial charge on any atom is -0.463 e. The quantitative estimate of drug-likeness (QED) is 0.309. The number of esters is 1. The minimum absolute atomic E-state index is 0.0642. The molecule has 0 saturated heterocycles. The Labute approximate surface area is 198 Å². The first kappa shape index (κ1) is 23.1. The fourth-order valence-electron chi connectivity index (χ4n) is 3.66. The van der Waals surface area contributed by atoms with Crippen LogP contribution >= 0.6 is 11.3 Å². The van der Waals surface area contributed by atoms with Gasteiger partial charge in [-0.05, 0) is 31.1 Å². The number of ether oxygens (including phenoxy) is 1. The molecule has 34 heavy (non-hydrogen) atoms. The number of rotatable bonds is 6. The number of fused-ring (bicyclic) bond motifs is 1. The molecule has 0 bridgehead atoms. The van der Waals surface area contributed by atoms with E-state index in [9.17, 15) is 19.7 Å². The summed E-state index contributed by atoms with van der Waals surface area (Å²) >= 11 is 1.17. The summed E-state index contributed by atoms with van der Waals surface area (Å²) in [5.74, 6) is -0.528. The third-order valence-electron chi connectivity index (χ3n) is 5.21.